The van der Waals surface area contributed by atoms with Crippen LogP contribution in [0.3, 0.4) is 0 Å². The van der Waals surface area contributed by atoms with E-state index in [1.165, 1.54) is 17.1 Å². The minimum atomic E-state index is -0.414. The number of nitro groups is 1. The van der Waals surface area contributed by atoms with Crippen LogP contribution in [0.25, 0.3) is 10.9 Å². The summed E-state index contributed by atoms with van der Waals surface area (Å²) in [4.78, 5) is 17.7. The molecule has 0 atom stereocenters. The van der Waals surface area contributed by atoms with Gasteiger partial charge in [0, 0.05) is 29.2 Å². The quantitative estimate of drug-likeness (QED) is 0.412. The lowest BCUT2D eigenvalue weighted by molar-refractivity contribution is -0.385. The van der Waals surface area contributed by atoms with Crippen LogP contribution in [0.5, 0.6) is 0 Å². The Morgan fingerprint density at radius 2 is 2.17 bits per heavy atom. The van der Waals surface area contributed by atoms with Gasteiger partial charge in [0.15, 0.2) is 0 Å². The molecule has 3 rings (SSSR count). The highest BCUT2D eigenvalue weighted by atomic mass is 16.6. The molecule has 0 saturated heterocycles. The lowest BCUT2D eigenvalue weighted by Gasteiger charge is -2.06. The highest BCUT2D eigenvalue weighted by molar-refractivity contribution is 5.83. The molecule has 0 saturated carbocycles. The predicted octanol–water partition coefficient (Wildman–Crippen LogP) is 3.82. The lowest BCUT2D eigenvalue weighted by atomic mass is 10.1. The molecule has 2 heterocycles. The summed E-state index contributed by atoms with van der Waals surface area (Å²) in [6, 6.07) is 9.97. The summed E-state index contributed by atoms with van der Waals surface area (Å²) in [5, 5.41) is 15.3. The average Bonchev–Trinajstić information content (AvgIpc) is 2.94. The van der Waals surface area contributed by atoms with Gasteiger partial charge in [-0.2, -0.15) is 0 Å². The predicted molar refractivity (Wildman–Crippen MR) is 90.7 cm³/mol. The zero-order chi connectivity index (χ0) is 16.2. The van der Waals surface area contributed by atoms with Crippen molar-refractivity contribution in [3.63, 3.8) is 0 Å². The van der Waals surface area contributed by atoms with Crippen LogP contribution in [0.2, 0.25) is 0 Å². The molecule has 0 bridgehead atoms. The Balaban J connectivity index is 1.56. The molecule has 0 amide bonds. The number of benzene rings is 1. The van der Waals surface area contributed by atoms with Crippen molar-refractivity contribution in [2.75, 3.05) is 11.9 Å². The van der Waals surface area contributed by atoms with Crippen molar-refractivity contribution in [1.29, 1.82) is 0 Å². The Morgan fingerprint density at radius 1 is 1.35 bits per heavy atom. The molecule has 0 fully saturated rings. The Labute approximate surface area is 133 Å². The number of aryl methyl sites for hydroxylation is 2. The largest absolute Gasteiger partial charge is 0.370 e. The SMILES string of the molecule is Cc1cc(NCCCc2c[nH]c3ccccc23)ncc1[N+](=O)[O-]. The first kappa shape index (κ1) is 15.0. The van der Waals surface area contributed by atoms with Gasteiger partial charge in [-0.15, -0.1) is 0 Å². The number of nitrogens with zero attached hydrogens (tertiary/aromatic N) is 2. The third kappa shape index (κ3) is 3.31. The molecular weight excluding hydrogens is 292 g/mol. The van der Waals surface area contributed by atoms with E-state index in [0.717, 1.165) is 24.9 Å². The third-order valence-electron chi connectivity index (χ3n) is 3.88. The highest BCUT2D eigenvalue weighted by Gasteiger charge is 2.11. The summed E-state index contributed by atoms with van der Waals surface area (Å²) in [6.45, 7) is 2.49. The molecule has 6 heteroatoms. The number of H-pyrrole nitrogens is 1. The van der Waals surface area contributed by atoms with Crippen molar-refractivity contribution in [1.82, 2.24) is 9.97 Å². The maximum absolute atomic E-state index is 10.8. The topological polar surface area (TPSA) is 83.8 Å². The summed E-state index contributed by atoms with van der Waals surface area (Å²) in [5.41, 5.74) is 3.12. The van der Waals surface area contributed by atoms with Crippen LogP contribution in [-0.4, -0.2) is 21.4 Å². The van der Waals surface area contributed by atoms with E-state index < -0.39 is 4.92 Å². The second kappa shape index (κ2) is 6.48. The molecular formula is C17H18N4O2. The Morgan fingerprint density at radius 3 is 2.96 bits per heavy atom. The number of nitrogens with one attached hydrogen (secondary N) is 2. The molecule has 0 aliphatic heterocycles. The van der Waals surface area contributed by atoms with E-state index >= 15 is 0 Å². The second-order valence-electron chi connectivity index (χ2n) is 5.50. The van der Waals surface area contributed by atoms with Gasteiger partial charge in [0.25, 0.3) is 5.69 Å². The number of hydrogen-bond acceptors (Lipinski definition) is 4. The standard InChI is InChI=1S/C17H18N4O2/c1-12-9-17(20-11-16(12)21(22)23)18-8-4-5-13-10-19-15-7-3-2-6-14(13)15/h2-3,6-7,9-11,19H,4-5,8H2,1H3,(H,18,20). The van der Waals surface area contributed by atoms with Crippen molar-refractivity contribution in [3.8, 4) is 0 Å². The molecule has 1 aromatic carbocycles. The van der Waals surface area contributed by atoms with Crippen LogP contribution < -0.4 is 5.32 Å². The van der Waals surface area contributed by atoms with Crippen LogP contribution in [-0.2, 0) is 6.42 Å². The van der Waals surface area contributed by atoms with Crippen LogP contribution in [0.1, 0.15) is 17.5 Å². The van der Waals surface area contributed by atoms with E-state index in [-0.39, 0.29) is 5.69 Å². The second-order valence-corrected chi connectivity index (χ2v) is 5.50. The first-order valence-electron chi connectivity index (χ1n) is 7.55. The molecule has 0 aliphatic rings. The van der Waals surface area contributed by atoms with Gasteiger partial charge in [-0.1, -0.05) is 18.2 Å². The zero-order valence-corrected chi connectivity index (χ0v) is 12.9. The fourth-order valence-electron chi connectivity index (χ4n) is 2.67. The maximum atomic E-state index is 10.8. The van der Waals surface area contributed by atoms with Crippen molar-refractivity contribution in [3.05, 3.63) is 64.0 Å². The van der Waals surface area contributed by atoms with Crippen molar-refractivity contribution >= 4 is 22.4 Å². The average molecular weight is 310 g/mol. The summed E-state index contributed by atoms with van der Waals surface area (Å²) in [6.07, 6.45) is 5.28. The van der Waals surface area contributed by atoms with Crippen LogP contribution >= 0.6 is 0 Å². The normalized spacial score (nSPS) is 10.8. The molecule has 3 aromatic rings. The van der Waals surface area contributed by atoms with E-state index in [1.807, 2.05) is 12.1 Å². The van der Waals surface area contributed by atoms with Gasteiger partial charge in [-0.3, -0.25) is 10.1 Å². The van der Waals surface area contributed by atoms with E-state index in [4.69, 9.17) is 0 Å². The van der Waals surface area contributed by atoms with Gasteiger partial charge in [0.1, 0.15) is 12.0 Å². The van der Waals surface area contributed by atoms with Gasteiger partial charge in [-0.05, 0) is 37.5 Å². The number of para-hydroxylation sites is 1. The van der Waals surface area contributed by atoms with Crippen molar-refractivity contribution < 1.29 is 4.92 Å². The van der Waals surface area contributed by atoms with E-state index in [0.29, 0.717) is 11.4 Å². The number of fused-ring (bicyclic) bond motifs is 1. The number of rotatable bonds is 6. The molecule has 0 spiro atoms. The van der Waals surface area contributed by atoms with E-state index in [9.17, 15) is 10.1 Å². The number of aromatic nitrogens is 2. The Bertz CT molecular complexity index is 841. The summed E-state index contributed by atoms with van der Waals surface area (Å²) in [7, 11) is 0. The van der Waals surface area contributed by atoms with Gasteiger partial charge >= 0.3 is 0 Å². The number of aromatic amines is 1. The molecule has 23 heavy (non-hydrogen) atoms. The number of pyridine rings is 1. The first-order valence-corrected chi connectivity index (χ1v) is 7.55. The monoisotopic (exact) mass is 310 g/mol. The maximum Gasteiger partial charge on any atom is 0.290 e. The fourth-order valence-corrected chi connectivity index (χ4v) is 2.67. The molecule has 0 radical (unpaired) electrons. The highest BCUT2D eigenvalue weighted by Crippen LogP contribution is 2.20. The van der Waals surface area contributed by atoms with E-state index in [1.54, 1.807) is 13.0 Å². The molecule has 6 nitrogen and oxygen atoms in total. The van der Waals surface area contributed by atoms with Crippen LogP contribution in [0.4, 0.5) is 11.5 Å². The Hall–Kier alpha value is -2.89. The van der Waals surface area contributed by atoms with Crippen LogP contribution in [0, 0.1) is 17.0 Å². The molecule has 2 aromatic heterocycles. The zero-order valence-electron chi connectivity index (χ0n) is 12.9. The summed E-state index contributed by atoms with van der Waals surface area (Å²) in [5.74, 6) is 0.673. The van der Waals surface area contributed by atoms with E-state index in [2.05, 4.69) is 33.6 Å². The van der Waals surface area contributed by atoms with Gasteiger partial charge < -0.3 is 10.3 Å². The third-order valence-corrected chi connectivity index (χ3v) is 3.88. The molecule has 2 N–H and O–H groups in total. The molecule has 0 aliphatic carbocycles. The smallest absolute Gasteiger partial charge is 0.290 e. The summed E-state index contributed by atoms with van der Waals surface area (Å²) >= 11 is 0. The first-order chi connectivity index (χ1) is 11.1. The molecule has 0 unspecified atom stereocenters. The molecule has 118 valence electrons. The van der Waals surface area contributed by atoms with Gasteiger partial charge in [0.05, 0.1) is 4.92 Å². The minimum absolute atomic E-state index is 0.0503. The van der Waals surface area contributed by atoms with Crippen molar-refractivity contribution in [2.45, 2.75) is 19.8 Å². The van der Waals surface area contributed by atoms with Crippen LogP contribution in [0.15, 0.2) is 42.7 Å². The van der Waals surface area contributed by atoms with Crippen molar-refractivity contribution in [2.24, 2.45) is 0 Å². The van der Waals surface area contributed by atoms with Gasteiger partial charge in [0.2, 0.25) is 0 Å². The number of anilines is 1. The minimum Gasteiger partial charge on any atom is -0.370 e. The number of hydrogen-bond donors (Lipinski definition) is 2. The fraction of sp³-hybridized carbons (Fsp3) is 0.235. The lowest BCUT2D eigenvalue weighted by Crippen LogP contribution is -2.05. The summed E-state index contributed by atoms with van der Waals surface area (Å²) < 4.78 is 0. The Kier molecular flexibility index (Phi) is 4.23. The van der Waals surface area contributed by atoms with Gasteiger partial charge in [-0.25, -0.2) is 4.98 Å².